The number of aliphatic imine (C=N–C) groups is 1. The summed E-state index contributed by atoms with van der Waals surface area (Å²) in [4.78, 5) is 8.44. The van der Waals surface area contributed by atoms with Crippen molar-refractivity contribution in [1.82, 2.24) is 20.2 Å². The maximum absolute atomic E-state index is 4.26. The first-order valence-corrected chi connectivity index (χ1v) is 6.23. The Hall–Kier alpha value is -2.30. The lowest BCUT2D eigenvalue weighted by atomic mass is 10.3. The average Bonchev–Trinajstić information content (AvgIpc) is 2.86. The molecule has 0 radical (unpaired) electrons. The molecule has 0 saturated heterocycles. The summed E-state index contributed by atoms with van der Waals surface area (Å²) in [6, 6.07) is 7.95. The lowest BCUT2D eigenvalue weighted by Gasteiger charge is -2.10. The Morgan fingerprint density at radius 2 is 2.11 bits per heavy atom. The SMILES string of the molecule is CN=C(NCc1ccn(C)c1)NCc1ccccn1. The second kappa shape index (κ2) is 6.58. The highest BCUT2D eigenvalue weighted by atomic mass is 15.2. The number of nitrogens with one attached hydrogen (secondary N) is 2. The highest BCUT2D eigenvalue weighted by Gasteiger charge is 2.00. The van der Waals surface area contributed by atoms with Crippen molar-refractivity contribution in [3.8, 4) is 0 Å². The number of aromatic nitrogens is 2. The fraction of sp³-hybridized carbons (Fsp3) is 0.286. The third-order valence-electron chi connectivity index (χ3n) is 2.74. The second-order valence-corrected chi connectivity index (χ2v) is 4.29. The topological polar surface area (TPSA) is 54.2 Å². The Morgan fingerprint density at radius 1 is 1.26 bits per heavy atom. The van der Waals surface area contributed by atoms with Crippen LogP contribution in [0.25, 0.3) is 0 Å². The molecule has 0 atom stereocenters. The van der Waals surface area contributed by atoms with Crippen LogP contribution in [0.3, 0.4) is 0 Å². The van der Waals surface area contributed by atoms with E-state index in [1.807, 2.05) is 36.0 Å². The van der Waals surface area contributed by atoms with Gasteiger partial charge in [0, 0.05) is 39.2 Å². The van der Waals surface area contributed by atoms with Crippen LogP contribution in [-0.2, 0) is 20.1 Å². The van der Waals surface area contributed by atoms with Gasteiger partial charge in [-0.3, -0.25) is 9.98 Å². The van der Waals surface area contributed by atoms with E-state index in [1.165, 1.54) is 5.56 Å². The number of pyridine rings is 1. The molecule has 5 nitrogen and oxygen atoms in total. The number of nitrogens with zero attached hydrogens (tertiary/aromatic N) is 3. The monoisotopic (exact) mass is 257 g/mol. The summed E-state index contributed by atoms with van der Waals surface area (Å²) in [7, 11) is 3.77. The van der Waals surface area contributed by atoms with Crippen LogP contribution in [0.15, 0.2) is 47.8 Å². The molecular weight excluding hydrogens is 238 g/mol. The highest BCUT2D eigenvalue weighted by molar-refractivity contribution is 5.79. The van der Waals surface area contributed by atoms with E-state index in [4.69, 9.17) is 0 Å². The number of aryl methyl sites for hydroxylation is 1. The van der Waals surface area contributed by atoms with E-state index in [-0.39, 0.29) is 0 Å². The maximum atomic E-state index is 4.26. The van der Waals surface area contributed by atoms with Crippen molar-refractivity contribution in [1.29, 1.82) is 0 Å². The molecular formula is C14H19N5. The van der Waals surface area contributed by atoms with Crippen molar-refractivity contribution >= 4 is 5.96 Å². The first-order chi connectivity index (χ1) is 9.28. The molecule has 2 aromatic rings. The minimum Gasteiger partial charge on any atom is -0.357 e. The zero-order valence-corrected chi connectivity index (χ0v) is 11.3. The van der Waals surface area contributed by atoms with Gasteiger partial charge in [-0.15, -0.1) is 0 Å². The van der Waals surface area contributed by atoms with Gasteiger partial charge < -0.3 is 15.2 Å². The van der Waals surface area contributed by atoms with Gasteiger partial charge in [-0.1, -0.05) is 6.07 Å². The maximum Gasteiger partial charge on any atom is 0.191 e. The van der Waals surface area contributed by atoms with Crippen LogP contribution in [0.5, 0.6) is 0 Å². The van der Waals surface area contributed by atoms with Gasteiger partial charge in [0.25, 0.3) is 0 Å². The van der Waals surface area contributed by atoms with Crippen molar-refractivity contribution in [2.45, 2.75) is 13.1 Å². The van der Waals surface area contributed by atoms with Crippen molar-refractivity contribution in [3.63, 3.8) is 0 Å². The summed E-state index contributed by atoms with van der Waals surface area (Å²) in [5, 5.41) is 6.50. The summed E-state index contributed by atoms with van der Waals surface area (Å²) in [5.41, 5.74) is 2.22. The molecule has 19 heavy (non-hydrogen) atoms. The van der Waals surface area contributed by atoms with Crippen LogP contribution in [0.1, 0.15) is 11.3 Å². The Balaban J connectivity index is 1.81. The Labute approximate surface area is 113 Å². The van der Waals surface area contributed by atoms with Crippen LogP contribution >= 0.6 is 0 Å². The van der Waals surface area contributed by atoms with Crippen LogP contribution in [0, 0.1) is 0 Å². The standard InChI is InChI=1S/C14H19N5/c1-15-14(17-9-12-6-8-19(2)11-12)18-10-13-5-3-4-7-16-13/h3-8,11H,9-10H2,1-2H3,(H2,15,17,18). The van der Waals surface area contributed by atoms with Gasteiger partial charge in [-0.05, 0) is 23.8 Å². The van der Waals surface area contributed by atoms with Gasteiger partial charge >= 0.3 is 0 Å². The summed E-state index contributed by atoms with van der Waals surface area (Å²) in [6.45, 7) is 1.41. The molecule has 100 valence electrons. The lowest BCUT2D eigenvalue weighted by Crippen LogP contribution is -2.36. The number of hydrogen-bond donors (Lipinski definition) is 2. The first kappa shape index (κ1) is 13.1. The van der Waals surface area contributed by atoms with E-state index in [2.05, 4.69) is 32.9 Å². The van der Waals surface area contributed by atoms with Crippen molar-refractivity contribution < 1.29 is 0 Å². The van der Waals surface area contributed by atoms with E-state index in [9.17, 15) is 0 Å². The largest absolute Gasteiger partial charge is 0.357 e. The summed E-state index contributed by atoms with van der Waals surface area (Å²) in [5.74, 6) is 0.773. The zero-order valence-electron chi connectivity index (χ0n) is 11.3. The Morgan fingerprint density at radius 3 is 2.74 bits per heavy atom. The predicted molar refractivity (Wildman–Crippen MR) is 76.7 cm³/mol. The van der Waals surface area contributed by atoms with Gasteiger partial charge in [0.2, 0.25) is 0 Å². The molecule has 2 aromatic heterocycles. The molecule has 0 aliphatic carbocycles. The number of rotatable bonds is 4. The van der Waals surface area contributed by atoms with Gasteiger partial charge in [0.05, 0.1) is 12.2 Å². The quantitative estimate of drug-likeness (QED) is 0.641. The minimum absolute atomic E-state index is 0.662. The smallest absolute Gasteiger partial charge is 0.191 e. The van der Waals surface area contributed by atoms with E-state index < -0.39 is 0 Å². The van der Waals surface area contributed by atoms with Crippen molar-refractivity contribution in [3.05, 3.63) is 54.1 Å². The third-order valence-corrected chi connectivity index (χ3v) is 2.74. The molecule has 0 bridgehead atoms. The molecule has 5 heteroatoms. The van der Waals surface area contributed by atoms with E-state index in [0.717, 1.165) is 18.2 Å². The van der Waals surface area contributed by atoms with Crippen LogP contribution < -0.4 is 10.6 Å². The highest BCUT2D eigenvalue weighted by Crippen LogP contribution is 1.98. The molecule has 2 rings (SSSR count). The molecule has 0 fully saturated rings. The minimum atomic E-state index is 0.662. The van der Waals surface area contributed by atoms with E-state index >= 15 is 0 Å². The van der Waals surface area contributed by atoms with Crippen LogP contribution in [0.4, 0.5) is 0 Å². The van der Waals surface area contributed by atoms with Crippen LogP contribution in [-0.4, -0.2) is 22.6 Å². The number of guanidine groups is 1. The van der Waals surface area contributed by atoms with Crippen LogP contribution in [0.2, 0.25) is 0 Å². The fourth-order valence-corrected chi connectivity index (χ4v) is 1.75. The molecule has 0 aliphatic heterocycles. The zero-order chi connectivity index (χ0) is 13.5. The lowest BCUT2D eigenvalue weighted by molar-refractivity contribution is 0.792. The summed E-state index contributed by atoms with van der Waals surface area (Å²) in [6.07, 6.45) is 5.90. The molecule has 0 unspecified atom stereocenters. The predicted octanol–water partition coefficient (Wildman–Crippen LogP) is 1.29. The second-order valence-electron chi connectivity index (χ2n) is 4.29. The first-order valence-electron chi connectivity index (χ1n) is 6.23. The van der Waals surface area contributed by atoms with Gasteiger partial charge in [0.1, 0.15) is 0 Å². The summed E-state index contributed by atoms with van der Waals surface area (Å²) < 4.78 is 2.03. The van der Waals surface area contributed by atoms with Crippen molar-refractivity contribution in [2.75, 3.05) is 7.05 Å². The Bertz CT molecular complexity index is 530. The molecule has 2 heterocycles. The molecule has 0 amide bonds. The molecule has 0 aromatic carbocycles. The van der Waals surface area contributed by atoms with Gasteiger partial charge in [0.15, 0.2) is 5.96 Å². The fourth-order valence-electron chi connectivity index (χ4n) is 1.75. The normalized spacial score (nSPS) is 11.4. The molecule has 0 spiro atoms. The Kier molecular flexibility index (Phi) is 4.55. The van der Waals surface area contributed by atoms with E-state index in [0.29, 0.717) is 6.54 Å². The van der Waals surface area contributed by atoms with Gasteiger partial charge in [-0.25, -0.2) is 0 Å². The molecule has 0 aliphatic rings. The summed E-state index contributed by atoms with van der Waals surface area (Å²) >= 11 is 0. The van der Waals surface area contributed by atoms with E-state index in [1.54, 1.807) is 13.2 Å². The number of hydrogen-bond acceptors (Lipinski definition) is 2. The molecule has 0 saturated carbocycles. The third kappa shape index (κ3) is 4.13. The molecule has 2 N–H and O–H groups in total. The van der Waals surface area contributed by atoms with Crippen molar-refractivity contribution in [2.24, 2.45) is 12.0 Å². The van der Waals surface area contributed by atoms with Gasteiger partial charge in [-0.2, -0.15) is 0 Å². The average molecular weight is 257 g/mol.